The summed E-state index contributed by atoms with van der Waals surface area (Å²) in [6.07, 6.45) is 2.86. The van der Waals surface area contributed by atoms with Crippen molar-refractivity contribution in [1.82, 2.24) is 10.3 Å². The van der Waals surface area contributed by atoms with Crippen LogP contribution < -0.4 is 5.32 Å². The Bertz CT molecular complexity index is 398. The van der Waals surface area contributed by atoms with Gasteiger partial charge in [0.05, 0.1) is 30.6 Å². The van der Waals surface area contributed by atoms with E-state index in [1.54, 1.807) is 11.3 Å². The molecule has 0 aromatic carbocycles. The van der Waals surface area contributed by atoms with Crippen LogP contribution in [-0.2, 0) is 22.6 Å². The van der Waals surface area contributed by atoms with Gasteiger partial charge in [-0.05, 0) is 26.7 Å². The summed E-state index contributed by atoms with van der Waals surface area (Å²) in [5, 5.41) is 6.61. The number of ether oxygens (including phenoxy) is 2. The van der Waals surface area contributed by atoms with Gasteiger partial charge in [0.25, 0.3) is 0 Å². The summed E-state index contributed by atoms with van der Waals surface area (Å²) in [7, 11) is 0. The van der Waals surface area contributed by atoms with Crippen molar-refractivity contribution in [3.8, 4) is 0 Å². The van der Waals surface area contributed by atoms with Gasteiger partial charge in [0.15, 0.2) is 0 Å². The summed E-state index contributed by atoms with van der Waals surface area (Å²) < 4.78 is 11.7. The highest BCUT2D eigenvalue weighted by Gasteiger charge is 2.25. The van der Waals surface area contributed by atoms with Crippen molar-refractivity contribution in [3.05, 3.63) is 16.1 Å². The van der Waals surface area contributed by atoms with Crippen LogP contribution in [0.25, 0.3) is 0 Å². The van der Waals surface area contributed by atoms with E-state index < -0.39 is 0 Å². The van der Waals surface area contributed by atoms with Gasteiger partial charge >= 0.3 is 0 Å². The van der Waals surface area contributed by atoms with E-state index in [4.69, 9.17) is 9.47 Å². The SMILES string of the molecule is CC(C)NCc1nc(COC2CC(C)OC(C)C2)cs1. The Hall–Kier alpha value is -0.490. The van der Waals surface area contributed by atoms with Crippen molar-refractivity contribution >= 4 is 11.3 Å². The van der Waals surface area contributed by atoms with Crippen molar-refractivity contribution in [2.24, 2.45) is 0 Å². The molecular weight excluding hydrogens is 272 g/mol. The standard InChI is InChI=1S/C15H26N2O2S/c1-10(2)16-7-15-17-13(9-20-15)8-18-14-5-11(3)19-12(4)6-14/h9-12,14,16H,5-8H2,1-4H3. The van der Waals surface area contributed by atoms with E-state index in [1.807, 2.05) is 0 Å². The highest BCUT2D eigenvalue weighted by Crippen LogP contribution is 2.22. The number of thiazole rings is 1. The first-order chi connectivity index (χ1) is 9.52. The third kappa shape index (κ3) is 5.13. The van der Waals surface area contributed by atoms with Gasteiger partial charge in [-0.2, -0.15) is 0 Å². The molecule has 2 rings (SSSR count). The maximum absolute atomic E-state index is 5.99. The monoisotopic (exact) mass is 298 g/mol. The highest BCUT2D eigenvalue weighted by atomic mass is 32.1. The van der Waals surface area contributed by atoms with Gasteiger partial charge < -0.3 is 14.8 Å². The average Bonchev–Trinajstić information content (AvgIpc) is 2.81. The zero-order chi connectivity index (χ0) is 14.5. The fraction of sp³-hybridized carbons (Fsp3) is 0.800. The second-order valence-electron chi connectivity index (χ2n) is 5.93. The quantitative estimate of drug-likeness (QED) is 0.876. The Morgan fingerprint density at radius 3 is 2.75 bits per heavy atom. The zero-order valence-electron chi connectivity index (χ0n) is 12.9. The largest absolute Gasteiger partial charge is 0.375 e. The number of hydrogen-bond acceptors (Lipinski definition) is 5. The summed E-state index contributed by atoms with van der Waals surface area (Å²) in [6.45, 7) is 9.97. The zero-order valence-corrected chi connectivity index (χ0v) is 13.7. The molecule has 1 aliphatic heterocycles. The van der Waals surface area contributed by atoms with E-state index in [-0.39, 0.29) is 0 Å². The normalized spacial score (nSPS) is 27.1. The smallest absolute Gasteiger partial charge is 0.107 e. The topological polar surface area (TPSA) is 43.4 Å². The predicted octanol–water partition coefficient (Wildman–Crippen LogP) is 3.11. The number of nitrogens with one attached hydrogen (secondary N) is 1. The molecule has 2 heterocycles. The summed E-state index contributed by atoms with van der Waals surface area (Å²) in [4.78, 5) is 4.60. The summed E-state index contributed by atoms with van der Waals surface area (Å²) in [5.74, 6) is 0. The number of hydrogen-bond donors (Lipinski definition) is 1. The molecule has 0 aliphatic carbocycles. The molecule has 0 bridgehead atoms. The van der Waals surface area contributed by atoms with Gasteiger partial charge in [-0.1, -0.05) is 13.8 Å². The highest BCUT2D eigenvalue weighted by molar-refractivity contribution is 7.09. The van der Waals surface area contributed by atoms with E-state index >= 15 is 0 Å². The molecule has 5 heteroatoms. The minimum Gasteiger partial charge on any atom is -0.375 e. The first kappa shape index (κ1) is 15.9. The molecule has 1 aliphatic rings. The fourth-order valence-electron chi connectivity index (χ4n) is 2.47. The lowest BCUT2D eigenvalue weighted by Gasteiger charge is -2.31. The molecule has 0 amide bonds. The molecular formula is C15H26N2O2S. The third-order valence-electron chi connectivity index (χ3n) is 3.38. The first-order valence-corrected chi connectivity index (χ1v) is 8.34. The van der Waals surface area contributed by atoms with Crippen LogP contribution in [0, 0.1) is 0 Å². The van der Waals surface area contributed by atoms with Crippen LogP contribution in [0.4, 0.5) is 0 Å². The second-order valence-corrected chi connectivity index (χ2v) is 6.87. The minimum atomic E-state index is 0.296. The van der Waals surface area contributed by atoms with E-state index in [2.05, 4.69) is 43.4 Å². The summed E-state index contributed by atoms with van der Waals surface area (Å²) in [6, 6.07) is 0.490. The first-order valence-electron chi connectivity index (χ1n) is 7.46. The number of rotatable bonds is 6. The molecule has 2 atom stereocenters. The molecule has 4 nitrogen and oxygen atoms in total. The number of aromatic nitrogens is 1. The van der Waals surface area contributed by atoms with E-state index in [0.29, 0.717) is 31.0 Å². The molecule has 1 aromatic rings. The Labute approximate surface area is 125 Å². The van der Waals surface area contributed by atoms with Gasteiger partial charge in [-0.3, -0.25) is 0 Å². The average molecular weight is 298 g/mol. The van der Waals surface area contributed by atoms with Gasteiger partial charge in [-0.25, -0.2) is 4.98 Å². The van der Waals surface area contributed by atoms with Crippen LogP contribution in [0.5, 0.6) is 0 Å². The molecule has 0 radical (unpaired) electrons. The fourth-order valence-corrected chi connectivity index (χ4v) is 3.20. The van der Waals surface area contributed by atoms with Crippen LogP contribution in [0.15, 0.2) is 5.38 Å². The lowest BCUT2D eigenvalue weighted by Crippen LogP contribution is -2.34. The molecule has 1 fully saturated rings. The Morgan fingerprint density at radius 2 is 2.10 bits per heavy atom. The van der Waals surface area contributed by atoms with E-state index in [9.17, 15) is 0 Å². The second kappa shape index (κ2) is 7.50. The lowest BCUT2D eigenvalue weighted by molar-refractivity contribution is -0.106. The molecule has 1 aromatic heterocycles. The van der Waals surface area contributed by atoms with E-state index in [0.717, 1.165) is 30.1 Å². The molecule has 1 saturated heterocycles. The Balaban J connectivity index is 1.76. The van der Waals surface area contributed by atoms with Gasteiger partial charge in [0.2, 0.25) is 0 Å². The van der Waals surface area contributed by atoms with Crippen molar-refractivity contribution < 1.29 is 9.47 Å². The molecule has 2 unspecified atom stereocenters. The molecule has 1 N–H and O–H groups in total. The minimum absolute atomic E-state index is 0.296. The molecule has 114 valence electrons. The van der Waals surface area contributed by atoms with Gasteiger partial charge in [-0.15, -0.1) is 11.3 Å². The Kier molecular flexibility index (Phi) is 5.96. The predicted molar refractivity (Wildman–Crippen MR) is 81.9 cm³/mol. The van der Waals surface area contributed by atoms with Crippen molar-refractivity contribution in [1.29, 1.82) is 0 Å². The van der Waals surface area contributed by atoms with Crippen molar-refractivity contribution in [2.75, 3.05) is 0 Å². The maximum Gasteiger partial charge on any atom is 0.107 e. The van der Waals surface area contributed by atoms with Crippen LogP contribution in [0.3, 0.4) is 0 Å². The van der Waals surface area contributed by atoms with Crippen LogP contribution in [-0.4, -0.2) is 29.3 Å². The van der Waals surface area contributed by atoms with E-state index in [1.165, 1.54) is 0 Å². The molecule has 0 spiro atoms. The van der Waals surface area contributed by atoms with Crippen molar-refractivity contribution in [2.45, 2.75) is 78.0 Å². The number of nitrogens with zero attached hydrogens (tertiary/aromatic N) is 1. The van der Waals surface area contributed by atoms with Crippen LogP contribution >= 0.6 is 11.3 Å². The summed E-state index contributed by atoms with van der Waals surface area (Å²) in [5.41, 5.74) is 1.04. The molecule has 20 heavy (non-hydrogen) atoms. The lowest BCUT2D eigenvalue weighted by atomic mass is 10.0. The van der Waals surface area contributed by atoms with Crippen LogP contribution in [0.1, 0.15) is 51.2 Å². The summed E-state index contributed by atoms with van der Waals surface area (Å²) >= 11 is 1.70. The Morgan fingerprint density at radius 1 is 1.40 bits per heavy atom. The third-order valence-corrected chi connectivity index (χ3v) is 4.28. The van der Waals surface area contributed by atoms with Gasteiger partial charge in [0, 0.05) is 18.0 Å². The molecule has 0 saturated carbocycles. The maximum atomic E-state index is 5.99. The van der Waals surface area contributed by atoms with Crippen molar-refractivity contribution in [3.63, 3.8) is 0 Å². The van der Waals surface area contributed by atoms with Crippen LogP contribution in [0.2, 0.25) is 0 Å². The van der Waals surface area contributed by atoms with Gasteiger partial charge in [0.1, 0.15) is 5.01 Å².